The molecule has 23 heavy (non-hydrogen) atoms. The Morgan fingerprint density at radius 3 is 2.70 bits per heavy atom. The second kappa shape index (κ2) is 10.1. The van der Waals surface area contributed by atoms with Gasteiger partial charge in [-0.05, 0) is 63.3 Å². The molecule has 4 nitrogen and oxygen atoms in total. The van der Waals surface area contributed by atoms with Crippen molar-refractivity contribution in [2.24, 2.45) is 0 Å². The van der Waals surface area contributed by atoms with Crippen molar-refractivity contribution in [1.29, 1.82) is 0 Å². The Morgan fingerprint density at radius 2 is 2.00 bits per heavy atom. The van der Waals surface area contributed by atoms with Crippen LogP contribution in [0.4, 0.5) is 0 Å². The van der Waals surface area contributed by atoms with Crippen LogP contribution in [0.2, 0.25) is 0 Å². The van der Waals surface area contributed by atoms with E-state index in [2.05, 4.69) is 11.4 Å². The fourth-order valence-electron chi connectivity index (χ4n) is 2.64. The second-order valence-electron chi connectivity index (χ2n) is 5.68. The van der Waals surface area contributed by atoms with Crippen molar-refractivity contribution in [1.82, 2.24) is 5.32 Å². The van der Waals surface area contributed by atoms with Crippen molar-refractivity contribution in [3.63, 3.8) is 0 Å². The normalized spacial score (nSPS) is 14.2. The van der Waals surface area contributed by atoms with E-state index in [4.69, 9.17) is 9.47 Å². The third-order valence-corrected chi connectivity index (χ3v) is 3.93. The molecule has 1 aromatic rings. The standard InChI is InChI=1S/C19H27NO3/c1-2-22-14-15-23-18-10-8-17(9-11-18)19(21)20-13-12-16-6-4-3-5-7-16/h6,8-11H,2-5,7,12-15H2,1H3,(H,20,21). The fraction of sp³-hybridized carbons (Fsp3) is 0.526. The van der Waals surface area contributed by atoms with Gasteiger partial charge in [-0.2, -0.15) is 0 Å². The summed E-state index contributed by atoms with van der Waals surface area (Å²) >= 11 is 0. The Balaban J connectivity index is 1.70. The predicted octanol–water partition coefficient (Wildman–Crippen LogP) is 3.72. The Labute approximate surface area is 138 Å². The van der Waals surface area contributed by atoms with Crippen molar-refractivity contribution in [2.75, 3.05) is 26.4 Å². The Bertz CT molecular complexity index is 508. The molecule has 0 aromatic heterocycles. The zero-order valence-electron chi connectivity index (χ0n) is 14.0. The zero-order valence-corrected chi connectivity index (χ0v) is 14.0. The van der Waals surface area contributed by atoms with Crippen LogP contribution >= 0.6 is 0 Å². The van der Waals surface area contributed by atoms with Gasteiger partial charge in [0.25, 0.3) is 5.91 Å². The Hall–Kier alpha value is -1.81. The SMILES string of the molecule is CCOCCOc1ccc(C(=O)NCCC2=CCCCC2)cc1. The number of amides is 1. The van der Waals surface area contributed by atoms with Crippen molar-refractivity contribution < 1.29 is 14.3 Å². The molecule has 126 valence electrons. The van der Waals surface area contributed by atoms with E-state index in [0.29, 0.717) is 31.9 Å². The van der Waals surface area contributed by atoms with Crippen LogP contribution in [0, 0.1) is 0 Å². The molecule has 0 heterocycles. The highest BCUT2D eigenvalue weighted by Crippen LogP contribution is 2.19. The smallest absolute Gasteiger partial charge is 0.251 e. The molecule has 0 radical (unpaired) electrons. The maximum atomic E-state index is 12.1. The number of carbonyl (C=O) groups excluding carboxylic acids is 1. The van der Waals surface area contributed by atoms with Crippen LogP contribution in [-0.4, -0.2) is 32.3 Å². The molecular weight excluding hydrogens is 290 g/mol. The van der Waals surface area contributed by atoms with E-state index in [1.54, 1.807) is 12.1 Å². The third kappa shape index (κ3) is 6.45. The van der Waals surface area contributed by atoms with Crippen LogP contribution in [0.15, 0.2) is 35.9 Å². The predicted molar refractivity (Wildman–Crippen MR) is 91.9 cm³/mol. The number of ether oxygens (including phenoxy) is 2. The van der Waals surface area contributed by atoms with Gasteiger partial charge in [-0.15, -0.1) is 0 Å². The molecule has 1 amide bonds. The summed E-state index contributed by atoms with van der Waals surface area (Å²) in [5, 5.41) is 2.99. The van der Waals surface area contributed by atoms with Gasteiger partial charge in [0.05, 0.1) is 6.61 Å². The molecular formula is C19H27NO3. The summed E-state index contributed by atoms with van der Waals surface area (Å²) in [4.78, 5) is 12.1. The van der Waals surface area contributed by atoms with Crippen molar-refractivity contribution in [3.05, 3.63) is 41.5 Å². The molecule has 0 unspecified atom stereocenters. The lowest BCUT2D eigenvalue weighted by atomic mass is 9.97. The van der Waals surface area contributed by atoms with Crippen LogP contribution in [-0.2, 0) is 4.74 Å². The molecule has 0 fully saturated rings. The van der Waals surface area contributed by atoms with Gasteiger partial charge >= 0.3 is 0 Å². The first-order chi connectivity index (χ1) is 11.3. The molecule has 1 aliphatic carbocycles. The van der Waals surface area contributed by atoms with E-state index in [0.717, 1.165) is 12.2 Å². The van der Waals surface area contributed by atoms with Crippen molar-refractivity contribution in [2.45, 2.75) is 39.0 Å². The van der Waals surface area contributed by atoms with Gasteiger partial charge < -0.3 is 14.8 Å². The highest BCUT2D eigenvalue weighted by Gasteiger charge is 2.07. The lowest BCUT2D eigenvalue weighted by Crippen LogP contribution is -2.24. The van der Waals surface area contributed by atoms with Crippen molar-refractivity contribution in [3.8, 4) is 5.75 Å². The number of benzene rings is 1. The maximum Gasteiger partial charge on any atom is 0.251 e. The van der Waals surface area contributed by atoms with Gasteiger partial charge in [0, 0.05) is 18.7 Å². The van der Waals surface area contributed by atoms with Crippen LogP contribution in [0.25, 0.3) is 0 Å². The fourth-order valence-corrected chi connectivity index (χ4v) is 2.64. The largest absolute Gasteiger partial charge is 0.491 e. The molecule has 2 rings (SSSR count). The number of hydrogen-bond donors (Lipinski definition) is 1. The number of carbonyl (C=O) groups is 1. The van der Waals surface area contributed by atoms with Gasteiger partial charge in [0.15, 0.2) is 0 Å². The van der Waals surface area contributed by atoms with E-state index in [9.17, 15) is 4.79 Å². The molecule has 1 N–H and O–H groups in total. The number of rotatable bonds is 9. The highest BCUT2D eigenvalue weighted by molar-refractivity contribution is 5.94. The van der Waals surface area contributed by atoms with E-state index >= 15 is 0 Å². The topological polar surface area (TPSA) is 47.6 Å². The summed E-state index contributed by atoms with van der Waals surface area (Å²) in [6, 6.07) is 7.24. The van der Waals surface area contributed by atoms with E-state index in [-0.39, 0.29) is 5.91 Å². The average Bonchev–Trinajstić information content (AvgIpc) is 2.60. The average molecular weight is 317 g/mol. The minimum absolute atomic E-state index is 0.0257. The summed E-state index contributed by atoms with van der Waals surface area (Å²) in [5.74, 6) is 0.732. The molecule has 0 aliphatic heterocycles. The van der Waals surface area contributed by atoms with Crippen LogP contribution < -0.4 is 10.1 Å². The first kappa shape index (κ1) is 17.5. The van der Waals surface area contributed by atoms with E-state index < -0.39 is 0 Å². The summed E-state index contributed by atoms with van der Waals surface area (Å²) in [6.07, 6.45) is 8.24. The number of hydrogen-bond acceptors (Lipinski definition) is 3. The van der Waals surface area contributed by atoms with Gasteiger partial charge in [-0.3, -0.25) is 4.79 Å². The highest BCUT2D eigenvalue weighted by atomic mass is 16.5. The molecule has 0 spiro atoms. The Kier molecular flexibility index (Phi) is 7.67. The maximum absolute atomic E-state index is 12.1. The quantitative estimate of drug-likeness (QED) is 0.558. The summed E-state index contributed by atoms with van der Waals surface area (Å²) in [7, 11) is 0. The lowest BCUT2D eigenvalue weighted by molar-refractivity contribution is 0.0953. The van der Waals surface area contributed by atoms with Gasteiger partial charge in [0.1, 0.15) is 12.4 Å². The van der Waals surface area contributed by atoms with Crippen molar-refractivity contribution >= 4 is 5.91 Å². The van der Waals surface area contributed by atoms with Crippen LogP contribution in [0.5, 0.6) is 5.75 Å². The minimum atomic E-state index is -0.0257. The minimum Gasteiger partial charge on any atom is -0.491 e. The molecule has 0 saturated carbocycles. The summed E-state index contributed by atoms with van der Waals surface area (Å²) in [6.45, 7) is 4.46. The van der Waals surface area contributed by atoms with Gasteiger partial charge in [-0.25, -0.2) is 0 Å². The zero-order chi connectivity index (χ0) is 16.3. The van der Waals surface area contributed by atoms with E-state index in [1.807, 2.05) is 19.1 Å². The van der Waals surface area contributed by atoms with E-state index in [1.165, 1.54) is 31.3 Å². The van der Waals surface area contributed by atoms with Gasteiger partial charge in [-0.1, -0.05) is 11.6 Å². The first-order valence-corrected chi connectivity index (χ1v) is 8.56. The first-order valence-electron chi connectivity index (χ1n) is 8.56. The third-order valence-electron chi connectivity index (χ3n) is 3.93. The number of allylic oxidation sites excluding steroid dienone is 1. The molecule has 0 atom stereocenters. The lowest BCUT2D eigenvalue weighted by Gasteiger charge is -2.13. The molecule has 1 aromatic carbocycles. The molecule has 0 saturated heterocycles. The summed E-state index contributed by atoms with van der Waals surface area (Å²) < 4.78 is 10.8. The van der Waals surface area contributed by atoms with Crippen LogP contribution in [0.3, 0.4) is 0 Å². The van der Waals surface area contributed by atoms with Gasteiger partial charge in [0.2, 0.25) is 0 Å². The van der Waals surface area contributed by atoms with Crippen LogP contribution in [0.1, 0.15) is 49.4 Å². The number of nitrogens with one attached hydrogen (secondary N) is 1. The monoisotopic (exact) mass is 317 g/mol. The Morgan fingerprint density at radius 1 is 1.17 bits per heavy atom. The molecule has 4 heteroatoms. The molecule has 1 aliphatic rings. The second-order valence-corrected chi connectivity index (χ2v) is 5.68. The summed E-state index contributed by atoms with van der Waals surface area (Å²) in [5.41, 5.74) is 2.15. The molecule has 0 bridgehead atoms.